The van der Waals surface area contributed by atoms with E-state index in [0.717, 1.165) is 6.07 Å². The largest absolute Gasteiger partial charge is 0.444 e. The first-order chi connectivity index (χ1) is 9.88. The van der Waals surface area contributed by atoms with Crippen molar-refractivity contribution in [2.24, 2.45) is 0 Å². The van der Waals surface area contributed by atoms with Gasteiger partial charge in [0.15, 0.2) is 0 Å². The monoisotopic (exact) mass is 309 g/mol. The van der Waals surface area contributed by atoms with Gasteiger partial charge in [0.05, 0.1) is 11.1 Å². The molecule has 0 aliphatic carbocycles. The number of nitrogens with one attached hydrogen (secondary N) is 1. The molecule has 1 heterocycles. The van der Waals surface area contributed by atoms with Gasteiger partial charge in [0.2, 0.25) is 5.89 Å². The first kappa shape index (κ1) is 15.0. The fraction of sp³-hybridized carbons (Fsp3) is 0.231. The van der Waals surface area contributed by atoms with Gasteiger partial charge in [-0.15, -0.1) is 0 Å². The van der Waals surface area contributed by atoms with E-state index in [0.29, 0.717) is 11.7 Å². The lowest BCUT2D eigenvalue weighted by Gasteiger charge is -2.10. The summed E-state index contributed by atoms with van der Waals surface area (Å²) >= 11 is 5.70. The molecule has 21 heavy (non-hydrogen) atoms. The van der Waals surface area contributed by atoms with Crippen LogP contribution in [-0.4, -0.2) is 15.8 Å². The highest BCUT2D eigenvalue weighted by molar-refractivity contribution is 6.32. The molecule has 0 bridgehead atoms. The molecule has 110 valence electrons. The molecular weight excluding hydrogens is 298 g/mol. The molecule has 2 rings (SSSR count). The van der Waals surface area contributed by atoms with Crippen LogP contribution in [-0.2, 0) is 0 Å². The van der Waals surface area contributed by atoms with Crippen LogP contribution in [0, 0.1) is 17.0 Å². The summed E-state index contributed by atoms with van der Waals surface area (Å²) in [6.07, 6.45) is 1.55. The molecule has 1 N–H and O–H groups in total. The molecule has 1 aromatic heterocycles. The highest BCUT2D eigenvalue weighted by Crippen LogP contribution is 2.25. The highest BCUT2D eigenvalue weighted by Gasteiger charge is 2.19. The first-order valence-electron chi connectivity index (χ1n) is 6.05. The third-order valence-corrected chi connectivity index (χ3v) is 3.08. The number of nitrogens with zero attached hydrogens (tertiary/aromatic N) is 2. The number of aromatic nitrogens is 1. The van der Waals surface area contributed by atoms with Gasteiger partial charge in [0, 0.05) is 11.6 Å². The Morgan fingerprint density at radius 1 is 1.52 bits per heavy atom. The Labute approximate surface area is 125 Å². The number of carbonyl (C=O) groups is 1. The first-order valence-corrected chi connectivity index (χ1v) is 6.43. The predicted octanol–water partition coefficient (Wildman–Crippen LogP) is 3.04. The van der Waals surface area contributed by atoms with E-state index in [1.165, 1.54) is 12.1 Å². The fourth-order valence-corrected chi connectivity index (χ4v) is 1.89. The minimum Gasteiger partial charge on any atom is -0.444 e. The standard InChI is InChI=1S/C13H12ClN3O4/c1-7-6-15-13(21-7)8(2)16-12(18)9-3-4-10(14)11(5-9)17(19)20/h3-6,8H,1-2H3,(H,16,18). The number of amides is 1. The van der Waals surface area contributed by atoms with E-state index in [1.807, 2.05) is 0 Å². The molecule has 0 saturated heterocycles. The maximum atomic E-state index is 12.1. The highest BCUT2D eigenvalue weighted by atomic mass is 35.5. The van der Waals surface area contributed by atoms with Gasteiger partial charge in [-0.2, -0.15) is 0 Å². The second kappa shape index (κ2) is 5.92. The van der Waals surface area contributed by atoms with Crippen LogP contribution >= 0.6 is 11.6 Å². The molecule has 0 aliphatic rings. The molecule has 1 aromatic carbocycles. The van der Waals surface area contributed by atoms with E-state index < -0.39 is 16.9 Å². The molecule has 8 heteroatoms. The van der Waals surface area contributed by atoms with E-state index in [-0.39, 0.29) is 16.3 Å². The zero-order valence-corrected chi connectivity index (χ0v) is 12.0. The molecule has 1 amide bonds. The minimum atomic E-state index is -0.639. The maximum absolute atomic E-state index is 12.1. The van der Waals surface area contributed by atoms with Gasteiger partial charge in [0.1, 0.15) is 16.8 Å². The number of hydrogen-bond acceptors (Lipinski definition) is 5. The van der Waals surface area contributed by atoms with Gasteiger partial charge in [-0.05, 0) is 26.0 Å². The summed E-state index contributed by atoms with van der Waals surface area (Å²) in [7, 11) is 0. The lowest BCUT2D eigenvalue weighted by molar-refractivity contribution is -0.384. The number of hydrogen-bond donors (Lipinski definition) is 1. The zero-order chi connectivity index (χ0) is 15.6. The van der Waals surface area contributed by atoms with E-state index in [9.17, 15) is 14.9 Å². The normalized spacial score (nSPS) is 12.0. The number of halogens is 1. The number of nitro groups is 1. The molecule has 0 spiro atoms. The smallest absolute Gasteiger partial charge is 0.288 e. The van der Waals surface area contributed by atoms with Crippen LogP contribution in [0.15, 0.2) is 28.8 Å². The van der Waals surface area contributed by atoms with Crippen molar-refractivity contribution in [1.82, 2.24) is 10.3 Å². The van der Waals surface area contributed by atoms with Crippen molar-refractivity contribution in [3.63, 3.8) is 0 Å². The van der Waals surface area contributed by atoms with Crippen molar-refractivity contribution in [3.8, 4) is 0 Å². The van der Waals surface area contributed by atoms with Gasteiger partial charge < -0.3 is 9.73 Å². The molecule has 0 fully saturated rings. The summed E-state index contributed by atoms with van der Waals surface area (Å²) in [6, 6.07) is 3.40. The van der Waals surface area contributed by atoms with Crippen molar-refractivity contribution in [2.75, 3.05) is 0 Å². The van der Waals surface area contributed by atoms with Gasteiger partial charge in [0.25, 0.3) is 11.6 Å². The third kappa shape index (κ3) is 3.38. The van der Waals surface area contributed by atoms with Crippen LogP contribution in [0.1, 0.15) is 35.0 Å². The van der Waals surface area contributed by atoms with E-state index >= 15 is 0 Å². The molecule has 2 aromatic rings. The summed E-state index contributed by atoms with van der Waals surface area (Å²) < 4.78 is 5.31. The zero-order valence-electron chi connectivity index (χ0n) is 11.3. The van der Waals surface area contributed by atoms with Crippen LogP contribution in [0.2, 0.25) is 5.02 Å². The van der Waals surface area contributed by atoms with Crippen LogP contribution in [0.25, 0.3) is 0 Å². The number of carbonyl (C=O) groups excluding carboxylic acids is 1. The van der Waals surface area contributed by atoms with Crippen LogP contribution in [0.5, 0.6) is 0 Å². The molecule has 1 unspecified atom stereocenters. The number of benzene rings is 1. The fourth-order valence-electron chi connectivity index (χ4n) is 1.71. The van der Waals surface area contributed by atoms with Crippen molar-refractivity contribution in [2.45, 2.75) is 19.9 Å². The Balaban J connectivity index is 2.17. The van der Waals surface area contributed by atoms with Crippen molar-refractivity contribution in [1.29, 1.82) is 0 Å². The summed E-state index contributed by atoms with van der Waals surface area (Å²) in [4.78, 5) is 26.3. The third-order valence-electron chi connectivity index (χ3n) is 2.76. The quantitative estimate of drug-likeness (QED) is 0.691. The second-order valence-corrected chi connectivity index (χ2v) is 4.83. The van der Waals surface area contributed by atoms with Crippen molar-refractivity contribution >= 4 is 23.2 Å². The van der Waals surface area contributed by atoms with Crippen LogP contribution in [0.4, 0.5) is 5.69 Å². The topological polar surface area (TPSA) is 98.3 Å². The van der Waals surface area contributed by atoms with Gasteiger partial charge in [-0.1, -0.05) is 11.6 Å². The average Bonchev–Trinajstić information content (AvgIpc) is 2.85. The molecule has 0 aliphatic heterocycles. The van der Waals surface area contributed by atoms with E-state index in [2.05, 4.69) is 10.3 Å². The Hall–Kier alpha value is -2.41. The van der Waals surface area contributed by atoms with Gasteiger partial charge in [-0.3, -0.25) is 14.9 Å². The van der Waals surface area contributed by atoms with Crippen LogP contribution < -0.4 is 5.32 Å². The molecule has 7 nitrogen and oxygen atoms in total. The number of aryl methyl sites for hydroxylation is 1. The minimum absolute atomic E-state index is 0.0204. The predicted molar refractivity (Wildman–Crippen MR) is 75.2 cm³/mol. The van der Waals surface area contributed by atoms with E-state index in [4.69, 9.17) is 16.0 Å². The SMILES string of the molecule is Cc1cnc(C(C)NC(=O)c2ccc(Cl)c([N+](=O)[O-])c2)o1. The lowest BCUT2D eigenvalue weighted by Crippen LogP contribution is -2.26. The average molecular weight is 310 g/mol. The number of oxazole rings is 1. The summed E-state index contributed by atoms with van der Waals surface area (Å²) in [5, 5.41) is 13.4. The Kier molecular flexibility index (Phi) is 4.23. The molecule has 0 saturated carbocycles. The van der Waals surface area contributed by atoms with Gasteiger partial charge in [-0.25, -0.2) is 4.98 Å². The molecule has 0 radical (unpaired) electrons. The van der Waals surface area contributed by atoms with Crippen molar-refractivity contribution < 1.29 is 14.1 Å². The molecule has 1 atom stereocenters. The number of nitro benzene ring substituents is 1. The maximum Gasteiger partial charge on any atom is 0.288 e. The van der Waals surface area contributed by atoms with Crippen LogP contribution in [0.3, 0.4) is 0 Å². The Morgan fingerprint density at radius 2 is 2.24 bits per heavy atom. The number of rotatable bonds is 4. The lowest BCUT2D eigenvalue weighted by atomic mass is 10.1. The van der Waals surface area contributed by atoms with Gasteiger partial charge >= 0.3 is 0 Å². The summed E-state index contributed by atoms with van der Waals surface area (Å²) in [6.45, 7) is 3.45. The van der Waals surface area contributed by atoms with E-state index in [1.54, 1.807) is 20.0 Å². The summed E-state index contributed by atoms with van der Waals surface area (Å²) in [5.41, 5.74) is -0.176. The molecular formula is C13H12ClN3O4. The Bertz CT molecular complexity index is 698. The second-order valence-electron chi connectivity index (χ2n) is 4.43. The van der Waals surface area contributed by atoms with Crippen molar-refractivity contribution in [3.05, 3.63) is 56.7 Å². The Morgan fingerprint density at radius 3 is 2.81 bits per heavy atom. The summed E-state index contributed by atoms with van der Waals surface area (Å²) in [5.74, 6) is 0.524.